The van der Waals surface area contributed by atoms with Crippen LogP contribution in [0.2, 0.25) is 0 Å². The molecule has 0 aromatic carbocycles. The molecule has 2 rings (SSSR count). The first kappa shape index (κ1) is 17.3. The van der Waals surface area contributed by atoms with E-state index in [1.165, 1.54) is 17.8 Å². The smallest absolute Gasteiger partial charge is 0.365 e. The Labute approximate surface area is 130 Å². The Kier molecular flexibility index (Phi) is 4.93. The van der Waals surface area contributed by atoms with E-state index in [0.29, 0.717) is 5.69 Å². The Bertz CT molecular complexity index is 600. The summed E-state index contributed by atoms with van der Waals surface area (Å²) < 4.78 is 44.1. The molecular weight excluding hydrogens is 317 g/mol. The van der Waals surface area contributed by atoms with E-state index >= 15 is 0 Å². The van der Waals surface area contributed by atoms with E-state index in [4.69, 9.17) is 0 Å². The van der Waals surface area contributed by atoms with E-state index in [1.54, 1.807) is 6.92 Å². The fraction of sp³-hybridized carbons (Fsp3) is 0.615. The molecule has 1 N–H and O–H groups in total. The number of alkyl halides is 3. The van der Waals surface area contributed by atoms with E-state index in [0.717, 1.165) is 4.90 Å². The van der Waals surface area contributed by atoms with Crippen molar-refractivity contribution < 1.29 is 27.5 Å². The number of halogens is 3. The molecular formula is C13H17F3N4O3. The standard InChI is InChI=1S/C13H17F3N4O3/c1-8-5-9(18-20(8)7-11(21)17-2)12(22)19-3-4-23-10(6-19)13(14,15)16/h5,10H,3-4,6-7H2,1-2H3,(H,17,21)/t10-/m1/s1. The normalized spacial score (nSPS) is 18.8. The van der Waals surface area contributed by atoms with Gasteiger partial charge < -0.3 is 15.0 Å². The first-order chi connectivity index (χ1) is 10.7. The Morgan fingerprint density at radius 3 is 2.78 bits per heavy atom. The molecule has 1 aromatic rings. The number of aromatic nitrogens is 2. The van der Waals surface area contributed by atoms with Gasteiger partial charge in [-0.1, -0.05) is 0 Å². The second kappa shape index (κ2) is 6.57. The third kappa shape index (κ3) is 4.01. The summed E-state index contributed by atoms with van der Waals surface area (Å²) in [5.41, 5.74) is 0.576. The van der Waals surface area contributed by atoms with E-state index < -0.39 is 24.7 Å². The van der Waals surface area contributed by atoms with Crippen LogP contribution in [0, 0.1) is 6.92 Å². The van der Waals surface area contributed by atoms with Gasteiger partial charge in [-0.3, -0.25) is 14.3 Å². The Morgan fingerprint density at radius 2 is 2.17 bits per heavy atom. The van der Waals surface area contributed by atoms with Gasteiger partial charge in [-0.05, 0) is 13.0 Å². The molecule has 7 nitrogen and oxygen atoms in total. The van der Waals surface area contributed by atoms with E-state index in [9.17, 15) is 22.8 Å². The molecule has 1 aromatic heterocycles. The second-order valence-corrected chi connectivity index (χ2v) is 5.15. The zero-order valence-electron chi connectivity index (χ0n) is 12.7. The molecule has 10 heteroatoms. The van der Waals surface area contributed by atoms with Crippen LogP contribution in [-0.2, 0) is 16.1 Å². The molecule has 1 fully saturated rings. The lowest BCUT2D eigenvalue weighted by atomic mass is 10.2. The van der Waals surface area contributed by atoms with Crippen molar-refractivity contribution in [1.29, 1.82) is 0 Å². The average Bonchev–Trinajstić information content (AvgIpc) is 2.86. The number of morpholine rings is 1. The molecule has 0 spiro atoms. The van der Waals surface area contributed by atoms with Crippen LogP contribution in [0.15, 0.2) is 6.07 Å². The predicted molar refractivity (Wildman–Crippen MR) is 72.7 cm³/mol. The van der Waals surface area contributed by atoms with Gasteiger partial charge in [-0.2, -0.15) is 18.3 Å². The van der Waals surface area contributed by atoms with Crippen LogP contribution >= 0.6 is 0 Å². The number of amides is 2. The summed E-state index contributed by atoms with van der Waals surface area (Å²) in [5, 5.41) is 6.43. The number of carbonyl (C=O) groups excluding carboxylic acids is 2. The highest BCUT2D eigenvalue weighted by Gasteiger charge is 2.44. The van der Waals surface area contributed by atoms with Crippen LogP contribution in [0.1, 0.15) is 16.2 Å². The highest BCUT2D eigenvalue weighted by molar-refractivity contribution is 5.92. The first-order valence-electron chi connectivity index (χ1n) is 6.95. The third-order valence-corrected chi connectivity index (χ3v) is 3.49. The number of likely N-dealkylation sites (N-methyl/N-ethyl adjacent to an activating group) is 1. The predicted octanol–water partition coefficient (Wildman–Crippen LogP) is 0.341. The fourth-order valence-corrected chi connectivity index (χ4v) is 2.18. The minimum Gasteiger partial charge on any atom is -0.365 e. The van der Waals surface area contributed by atoms with Gasteiger partial charge >= 0.3 is 6.18 Å². The highest BCUT2D eigenvalue weighted by Crippen LogP contribution is 2.26. The summed E-state index contributed by atoms with van der Waals surface area (Å²) in [4.78, 5) is 24.7. The monoisotopic (exact) mass is 334 g/mol. The van der Waals surface area contributed by atoms with E-state index in [-0.39, 0.29) is 31.3 Å². The Morgan fingerprint density at radius 1 is 1.48 bits per heavy atom. The summed E-state index contributed by atoms with van der Waals surface area (Å²) in [6.45, 7) is 0.902. The summed E-state index contributed by atoms with van der Waals surface area (Å²) in [5.74, 6) is -0.903. The van der Waals surface area contributed by atoms with Crippen molar-refractivity contribution in [3.63, 3.8) is 0 Å². The number of rotatable bonds is 3. The molecule has 23 heavy (non-hydrogen) atoms. The van der Waals surface area contributed by atoms with Crippen molar-refractivity contribution in [2.75, 3.05) is 26.7 Å². The van der Waals surface area contributed by atoms with Crippen molar-refractivity contribution in [3.8, 4) is 0 Å². The van der Waals surface area contributed by atoms with Gasteiger partial charge in [0.1, 0.15) is 6.54 Å². The van der Waals surface area contributed by atoms with Crippen LogP contribution in [-0.4, -0.2) is 65.5 Å². The Balaban J connectivity index is 2.11. The minimum absolute atomic E-state index is 0.00854. The molecule has 0 bridgehead atoms. The molecule has 0 unspecified atom stereocenters. The molecule has 0 aliphatic carbocycles. The number of hydrogen-bond donors (Lipinski definition) is 1. The Hall–Kier alpha value is -2.10. The van der Waals surface area contributed by atoms with Crippen molar-refractivity contribution >= 4 is 11.8 Å². The third-order valence-electron chi connectivity index (χ3n) is 3.49. The van der Waals surface area contributed by atoms with Crippen LogP contribution < -0.4 is 5.32 Å². The van der Waals surface area contributed by atoms with Gasteiger partial charge in [0.2, 0.25) is 5.91 Å². The summed E-state index contributed by atoms with van der Waals surface area (Å²) >= 11 is 0. The number of carbonyl (C=O) groups is 2. The first-order valence-corrected chi connectivity index (χ1v) is 6.95. The lowest BCUT2D eigenvalue weighted by molar-refractivity contribution is -0.233. The minimum atomic E-state index is -4.52. The molecule has 128 valence electrons. The van der Waals surface area contributed by atoms with Gasteiger partial charge in [0, 0.05) is 19.3 Å². The van der Waals surface area contributed by atoms with Crippen LogP contribution in [0.5, 0.6) is 0 Å². The SMILES string of the molecule is CNC(=O)Cn1nc(C(=O)N2CCO[C@@H](C(F)(F)F)C2)cc1C. The van der Waals surface area contributed by atoms with Gasteiger partial charge in [-0.15, -0.1) is 0 Å². The maximum absolute atomic E-state index is 12.7. The highest BCUT2D eigenvalue weighted by atomic mass is 19.4. The molecule has 0 saturated carbocycles. The molecule has 1 saturated heterocycles. The number of aryl methyl sites for hydroxylation is 1. The second-order valence-electron chi connectivity index (χ2n) is 5.15. The zero-order chi connectivity index (χ0) is 17.2. The lowest BCUT2D eigenvalue weighted by Crippen LogP contribution is -2.51. The van der Waals surface area contributed by atoms with Crippen molar-refractivity contribution in [1.82, 2.24) is 20.0 Å². The van der Waals surface area contributed by atoms with E-state index in [2.05, 4.69) is 15.2 Å². The van der Waals surface area contributed by atoms with Crippen molar-refractivity contribution in [2.24, 2.45) is 0 Å². The quantitative estimate of drug-likeness (QED) is 0.865. The van der Waals surface area contributed by atoms with Crippen LogP contribution in [0.3, 0.4) is 0 Å². The number of ether oxygens (including phenoxy) is 1. The molecule has 1 aliphatic rings. The largest absolute Gasteiger partial charge is 0.416 e. The summed E-state index contributed by atoms with van der Waals surface area (Å²) in [7, 11) is 1.47. The maximum atomic E-state index is 12.7. The number of hydrogen-bond acceptors (Lipinski definition) is 4. The molecule has 0 radical (unpaired) electrons. The average molecular weight is 334 g/mol. The van der Waals surface area contributed by atoms with Crippen molar-refractivity contribution in [2.45, 2.75) is 25.7 Å². The fourth-order valence-electron chi connectivity index (χ4n) is 2.18. The maximum Gasteiger partial charge on any atom is 0.416 e. The van der Waals surface area contributed by atoms with E-state index in [1.807, 2.05) is 0 Å². The topological polar surface area (TPSA) is 76.5 Å². The molecule has 2 heterocycles. The molecule has 1 aliphatic heterocycles. The number of nitrogens with zero attached hydrogens (tertiary/aromatic N) is 3. The van der Waals surface area contributed by atoms with Gasteiger partial charge in [0.25, 0.3) is 5.91 Å². The lowest BCUT2D eigenvalue weighted by Gasteiger charge is -2.33. The number of nitrogens with one attached hydrogen (secondary N) is 1. The summed E-state index contributed by atoms with van der Waals surface area (Å²) in [6.07, 6.45) is -6.51. The van der Waals surface area contributed by atoms with Gasteiger partial charge in [-0.25, -0.2) is 0 Å². The van der Waals surface area contributed by atoms with Crippen molar-refractivity contribution in [3.05, 3.63) is 17.5 Å². The van der Waals surface area contributed by atoms with Gasteiger partial charge in [0.15, 0.2) is 11.8 Å². The molecule has 1 atom stereocenters. The molecule has 2 amide bonds. The van der Waals surface area contributed by atoms with Gasteiger partial charge in [0.05, 0.1) is 13.2 Å². The summed E-state index contributed by atoms with van der Waals surface area (Å²) in [6, 6.07) is 1.45. The zero-order valence-corrected chi connectivity index (χ0v) is 12.7. The van der Waals surface area contributed by atoms with Crippen LogP contribution in [0.25, 0.3) is 0 Å². The van der Waals surface area contributed by atoms with Crippen LogP contribution in [0.4, 0.5) is 13.2 Å².